The summed E-state index contributed by atoms with van der Waals surface area (Å²) >= 11 is 0. The van der Waals surface area contributed by atoms with Crippen molar-refractivity contribution in [2.45, 2.75) is 309 Å². The Hall–Kier alpha value is -3.41. The van der Waals surface area contributed by atoms with Gasteiger partial charge in [0, 0.05) is 19.3 Å². The molecule has 1 atom stereocenters. The number of hydrogen-bond acceptors (Lipinski definition) is 6. The summed E-state index contributed by atoms with van der Waals surface area (Å²) in [5, 5.41) is 0. The van der Waals surface area contributed by atoms with Crippen molar-refractivity contribution >= 4 is 17.9 Å². The maximum atomic E-state index is 12.9. The van der Waals surface area contributed by atoms with Gasteiger partial charge in [0.25, 0.3) is 0 Å². The first-order valence-corrected chi connectivity index (χ1v) is 31.1. The van der Waals surface area contributed by atoms with Gasteiger partial charge >= 0.3 is 17.9 Å². The van der Waals surface area contributed by atoms with Crippen molar-refractivity contribution in [3.05, 3.63) is 85.1 Å². The summed E-state index contributed by atoms with van der Waals surface area (Å²) in [6.45, 7) is 6.49. The summed E-state index contributed by atoms with van der Waals surface area (Å²) in [6.07, 6.45) is 80.2. The Morgan fingerprint density at radius 2 is 0.562 bits per heavy atom. The molecular weight excluding hydrogens is 901 g/mol. The zero-order chi connectivity index (χ0) is 52.9. The summed E-state index contributed by atoms with van der Waals surface area (Å²) < 4.78 is 16.9. The summed E-state index contributed by atoms with van der Waals surface area (Å²) in [4.78, 5) is 38.3. The van der Waals surface area contributed by atoms with Crippen molar-refractivity contribution in [1.82, 2.24) is 0 Å². The minimum atomic E-state index is -0.808. The molecule has 0 aliphatic carbocycles. The standard InChI is InChI=1S/C67H116O6/c1-4-7-10-13-16-19-22-25-28-31-33-36-39-42-45-48-51-54-57-60-66(69)72-63-64(62-71-65(68)59-56-53-50-47-44-41-38-35-30-27-24-21-18-15-12-9-6-3)73-67(70)61-58-55-52-49-46-43-40-37-34-32-29-26-23-20-17-14-11-8-5-2/h7,10,16,19,25-26,28-29,33,36,42,45,51,54,64H,4-6,8-9,11-15,17-18,20-24,27,30-32,34-35,37-41,43-44,46-50,52-53,55-63H2,1-3H3/b10-7-,19-16-,28-25-,29-26-,36-33-,45-42-,54-51-/t64-/m0/s1. The van der Waals surface area contributed by atoms with Gasteiger partial charge in [-0.25, -0.2) is 0 Å². The molecule has 0 fully saturated rings. The first kappa shape index (κ1) is 69.6. The van der Waals surface area contributed by atoms with E-state index in [0.717, 1.165) is 77.0 Å². The normalized spacial score (nSPS) is 12.6. The molecule has 0 rings (SSSR count). The van der Waals surface area contributed by atoms with E-state index >= 15 is 0 Å². The fourth-order valence-corrected chi connectivity index (χ4v) is 8.76. The van der Waals surface area contributed by atoms with Crippen molar-refractivity contribution in [3.8, 4) is 0 Å². The highest BCUT2D eigenvalue weighted by Gasteiger charge is 2.19. The number of rotatable bonds is 56. The number of carbonyl (C=O) groups is 3. The van der Waals surface area contributed by atoms with Crippen LogP contribution in [-0.4, -0.2) is 37.2 Å². The van der Waals surface area contributed by atoms with Crippen LogP contribution in [0.15, 0.2) is 85.1 Å². The van der Waals surface area contributed by atoms with Gasteiger partial charge in [-0.05, 0) is 83.5 Å². The lowest BCUT2D eigenvalue weighted by Gasteiger charge is -2.18. The van der Waals surface area contributed by atoms with E-state index in [1.807, 2.05) is 6.08 Å². The molecule has 0 spiro atoms. The molecule has 6 nitrogen and oxygen atoms in total. The number of carbonyl (C=O) groups excluding carboxylic acids is 3. The Kier molecular flexibility index (Phi) is 58.3. The summed E-state index contributed by atoms with van der Waals surface area (Å²) in [5.74, 6) is -0.975. The van der Waals surface area contributed by atoms with Crippen LogP contribution in [-0.2, 0) is 28.6 Å². The number of hydrogen-bond donors (Lipinski definition) is 0. The molecule has 6 heteroatoms. The molecule has 0 aromatic carbocycles. The van der Waals surface area contributed by atoms with Gasteiger partial charge in [0.15, 0.2) is 6.10 Å². The molecule has 420 valence electrons. The number of allylic oxidation sites excluding steroid dienone is 14. The van der Waals surface area contributed by atoms with Crippen LogP contribution < -0.4 is 0 Å². The zero-order valence-corrected chi connectivity index (χ0v) is 48.1. The minimum absolute atomic E-state index is 0.0978. The van der Waals surface area contributed by atoms with Gasteiger partial charge in [0.2, 0.25) is 0 Å². The molecule has 0 saturated carbocycles. The van der Waals surface area contributed by atoms with Crippen LogP contribution in [0.5, 0.6) is 0 Å². The molecule has 0 N–H and O–H groups in total. The molecule has 0 radical (unpaired) electrons. The van der Waals surface area contributed by atoms with E-state index in [1.54, 1.807) is 0 Å². The van der Waals surface area contributed by atoms with E-state index in [4.69, 9.17) is 14.2 Å². The lowest BCUT2D eigenvalue weighted by Crippen LogP contribution is -2.30. The first-order chi connectivity index (χ1) is 36.0. The van der Waals surface area contributed by atoms with E-state index in [-0.39, 0.29) is 37.5 Å². The average molecular weight is 1020 g/mol. The van der Waals surface area contributed by atoms with Gasteiger partial charge in [0.1, 0.15) is 13.2 Å². The predicted octanol–water partition coefficient (Wildman–Crippen LogP) is 21.1. The zero-order valence-electron chi connectivity index (χ0n) is 48.1. The molecule has 73 heavy (non-hydrogen) atoms. The SMILES string of the molecule is CC/C=C\C/C=C\C/C=C\C/C=C\C/C=C\C/C=C\CCC(=O)OC[C@H](COC(=O)CCCCCCCCCCCCCCCCCCC)OC(=O)CCCCCCCCCCC/C=C\CCCCCCCC. The van der Waals surface area contributed by atoms with Crippen LogP contribution in [0.1, 0.15) is 303 Å². The van der Waals surface area contributed by atoms with E-state index in [0.29, 0.717) is 19.3 Å². The summed E-state index contributed by atoms with van der Waals surface area (Å²) in [7, 11) is 0. The van der Waals surface area contributed by atoms with Crippen molar-refractivity contribution in [3.63, 3.8) is 0 Å². The third kappa shape index (κ3) is 59.3. The second kappa shape index (κ2) is 61.1. The highest BCUT2D eigenvalue weighted by Crippen LogP contribution is 2.16. The van der Waals surface area contributed by atoms with Crippen LogP contribution in [0.3, 0.4) is 0 Å². The third-order valence-corrected chi connectivity index (χ3v) is 13.4. The maximum absolute atomic E-state index is 12.9. The second-order valence-corrected chi connectivity index (χ2v) is 20.6. The van der Waals surface area contributed by atoms with Crippen molar-refractivity contribution < 1.29 is 28.6 Å². The van der Waals surface area contributed by atoms with Crippen molar-refractivity contribution in [2.75, 3.05) is 13.2 Å². The van der Waals surface area contributed by atoms with E-state index in [1.165, 1.54) is 180 Å². The molecule has 0 aromatic heterocycles. The average Bonchev–Trinajstić information content (AvgIpc) is 3.39. The topological polar surface area (TPSA) is 78.9 Å². The third-order valence-electron chi connectivity index (χ3n) is 13.4. The van der Waals surface area contributed by atoms with Crippen LogP contribution in [0.2, 0.25) is 0 Å². The number of unbranched alkanes of at least 4 members (excludes halogenated alkanes) is 31. The van der Waals surface area contributed by atoms with Crippen molar-refractivity contribution in [2.24, 2.45) is 0 Å². The monoisotopic (exact) mass is 1020 g/mol. The van der Waals surface area contributed by atoms with Crippen LogP contribution in [0, 0.1) is 0 Å². The van der Waals surface area contributed by atoms with E-state index < -0.39 is 6.10 Å². The first-order valence-electron chi connectivity index (χ1n) is 31.1. The second-order valence-electron chi connectivity index (χ2n) is 20.6. The molecule has 0 bridgehead atoms. The predicted molar refractivity (Wildman–Crippen MR) is 316 cm³/mol. The Morgan fingerprint density at radius 3 is 0.918 bits per heavy atom. The molecule has 0 aliphatic heterocycles. The molecule has 0 heterocycles. The fourth-order valence-electron chi connectivity index (χ4n) is 8.76. The molecule has 0 saturated heterocycles. The minimum Gasteiger partial charge on any atom is -0.462 e. The maximum Gasteiger partial charge on any atom is 0.306 e. The van der Waals surface area contributed by atoms with Gasteiger partial charge < -0.3 is 14.2 Å². The highest BCUT2D eigenvalue weighted by molar-refractivity contribution is 5.71. The Labute approximate surface area is 452 Å². The van der Waals surface area contributed by atoms with Gasteiger partial charge in [-0.2, -0.15) is 0 Å². The lowest BCUT2D eigenvalue weighted by atomic mass is 10.0. The number of esters is 3. The summed E-state index contributed by atoms with van der Waals surface area (Å²) in [5.41, 5.74) is 0. The Bertz CT molecular complexity index is 1400. The van der Waals surface area contributed by atoms with Gasteiger partial charge in [-0.3, -0.25) is 14.4 Å². The number of ether oxygens (including phenoxy) is 3. The summed E-state index contributed by atoms with van der Waals surface area (Å²) in [6, 6.07) is 0. The van der Waals surface area contributed by atoms with Crippen LogP contribution in [0.4, 0.5) is 0 Å². The fraction of sp³-hybridized carbons (Fsp3) is 0.746. The Morgan fingerprint density at radius 1 is 0.288 bits per heavy atom. The quantitative estimate of drug-likeness (QED) is 0.0261. The Balaban J connectivity index is 4.47. The van der Waals surface area contributed by atoms with Crippen LogP contribution >= 0.6 is 0 Å². The molecule has 0 unspecified atom stereocenters. The van der Waals surface area contributed by atoms with Gasteiger partial charge in [0.05, 0.1) is 0 Å². The molecule has 0 aromatic rings. The van der Waals surface area contributed by atoms with Crippen LogP contribution in [0.25, 0.3) is 0 Å². The molecule has 0 amide bonds. The smallest absolute Gasteiger partial charge is 0.306 e. The van der Waals surface area contributed by atoms with E-state index in [2.05, 4.69) is 99.8 Å². The van der Waals surface area contributed by atoms with E-state index in [9.17, 15) is 14.4 Å². The highest BCUT2D eigenvalue weighted by atomic mass is 16.6. The lowest BCUT2D eigenvalue weighted by molar-refractivity contribution is -0.166. The largest absolute Gasteiger partial charge is 0.462 e. The van der Waals surface area contributed by atoms with Gasteiger partial charge in [-0.15, -0.1) is 0 Å². The van der Waals surface area contributed by atoms with Crippen molar-refractivity contribution in [1.29, 1.82) is 0 Å². The molecule has 0 aliphatic rings. The van der Waals surface area contributed by atoms with Gasteiger partial charge in [-0.1, -0.05) is 286 Å². The molecular formula is C67H116O6.